The molecule has 0 bridgehead atoms. The zero-order valence-electron chi connectivity index (χ0n) is 23.7. The van der Waals surface area contributed by atoms with Crippen LogP contribution in [0.2, 0.25) is 0 Å². The summed E-state index contributed by atoms with van der Waals surface area (Å²) in [7, 11) is 2.83. The first-order chi connectivity index (χ1) is 20.4. The van der Waals surface area contributed by atoms with Crippen LogP contribution in [-0.4, -0.2) is 61.2 Å². The predicted molar refractivity (Wildman–Crippen MR) is 159 cm³/mol. The number of carboxylic acid groups (broad SMARTS) is 2. The summed E-state index contributed by atoms with van der Waals surface area (Å²) in [6, 6.07) is 8.04. The van der Waals surface area contributed by atoms with E-state index < -0.39 is 35.4 Å². The van der Waals surface area contributed by atoms with E-state index in [1.165, 1.54) is 45.5 Å². The second-order valence-corrected chi connectivity index (χ2v) is 12.0. The second kappa shape index (κ2) is 13.4. The van der Waals surface area contributed by atoms with E-state index in [0.29, 0.717) is 26.5 Å². The van der Waals surface area contributed by atoms with E-state index in [-0.39, 0.29) is 53.6 Å². The van der Waals surface area contributed by atoms with E-state index in [9.17, 15) is 19.2 Å². The number of benzene rings is 2. The number of ketones is 2. The summed E-state index contributed by atoms with van der Waals surface area (Å²) in [5.41, 5.74) is 0. The molecule has 0 amide bonds. The van der Waals surface area contributed by atoms with Gasteiger partial charge in [-0.2, -0.15) is 0 Å². The fourth-order valence-corrected chi connectivity index (χ4v) is 6.26. The molecule has 2 heterocycles. The van der Waals surface area contributed by atoms with Gasteiger partial charge in [0.05, 0.1) is 35.8 Å². The van der Waals surface area contributed by atoms with Crippen molar-refractivity contribution in [3.63, 3.8) is 0 Å². The Labute approximate surface area is 253 Å². The van der Waals surface area contributed by atoms with Crippen LogP contribution >= 0.6 is 22.7 Å². The number of carbonyl (C=O) groups excluding carboxylic acids is 2. The second-order valence-electron chi connectivity index (χ2n) is 9.83. The molecule has 0 unspecified atom stereocenters. The third-order valence-electron chi connectivity index (χ3n) is 6.67. The van der Waals surface area contributed by atoms with Crippen molar-refractivity contribution in [2.45, 2.75) is 26.7 Å². The maximum atomic E-state index is 15.5. The van der Waals surface area contributed by atoms with Crippen molar-refractivity contribution in [3.05, 3.63) is 45.9 Å². The number of ether oxygens (including phenoxy) is 4. The van der Waals surface area contributed by atoms with Crippen LogP contribution in [0.5, 0.6) is 23.0 Å². The Kier molecular flexibility index (Phi) is 9.87. The molecule has 0 fully saturated rings. The predicted octanol–water partition coefficient (Wildman–Crippen LogP) is 6.32. The van der Waals surface area contributed by atoms with Gasteiger partial charge in [-0.05, 0) is 23.6 Å². The number of carbonyl (C=O) groups is 4. The fourth-order valence-electron chi connectivity index (χ4n) is 4.21. The van der Waals surface area contributed by atoms with Crippen molar-refractivity contribution >= 4 is 66.4 Å². The van der Waals surface area contributed by atoms with Gasteiger partial charge in [-0.1, -0.05) is 13.8 Å². The minimum Gasteiger partial charge on any atom is -0.493 e. The summed E-state index contributed by atoms with van der Waals surface area (Å²) in [5, 5.41) is 19.1. The third-order valence-corrected chi connectivity index (χ3v) is 8.93. The van der Waals surface area contributed by atoms with Crippen molar-refractivity contribution in [3.8, 4) is 23.0 Å². The average molecular weight is 633 g/mol. The smallest absolute Gasteiger partial charge is 0.306 e. The first-order valence-corrected chi connectivity index (χ1v) is 14.8. The standard InChI is InChI=1S/C30H29FO10S2/c1-14(29(34)35)7-18(32)25-10-16-9-21(20(38-3)12-23(16)42-25)40-5-6-41-28-22(39-4)13-24-17(27(28)31)11-26(43-24)19(33)8-15(2)30(36)37/h9-15H,5-8H2,1-4H3,(H,34,35)(H,36,37)/t14-,15-/m0/s1. The molecule has 0 radical (unpaired) electrons. The zero-order chi connectivity index (χ0) is 31.4. The lowest BCUT2D eigenvalue weighted by molar-refractivity contribution is -0.141. The van der Waals surface area contributed by atoms with Crippen LogP contribution in [0.25, 0.3) is 20.2 Å². The average Bonchev–Trinajstić information content (AvgIpc) is 3.59. The molecule has 0 aliphatic heterocycles. The molecular formula is C30H29FO10S2. The monoisotopic (exact) mass is 632 g/mol. The molecule has 228 valence electrons. The zero-order valence-corrected chi connectivity index (χ0v) is 25.4. The molecule has 10 nitrogen and oxygen atoms in total. The van der Waals surface area contributed by atoms with Crippen LogP contribution < -0.4 is 18.9 Å². The van der Waals surface area contributed by atoms with Gasteiger partial charge in [0.1, 0.15) is 13.2 Å². The van der Waals surface area contributed by atoms with Gasteiger partial charge in [0.25, 0.3) is 0 Å². The number of methoxy groups -OCH3 is 2. The lowest BCUT2D eigenvalue weighted by Gasteiger charge is -2.14. The summed E-state index contributed by atoms with van der Waals surface area (Å²) in [5.74, 6) is -4.44. The quantitative estimate of drug-likeness (QED) is 0.113. The molecule has 4 aromatic rings. The SMILES string of the molecule is COc1cc2sc(C(=O)C[C@H](C)C(=O)O)cc2cc1OCCOc1c(OC)cc2sc(C(=O)C[C@H](C)C(=O)O)cc2c1F. The number of Topliss-reactive ketones (excluding diaryl/α,β-unsaturated/α-hetero) is 2. The van der Waals surface area contributed by atoms with E-state index >= 15 is 4.39 Å². The van der Waals surface area contributed by atoms with Crippen molar-refractivity contribution < 1.29 is 52.7 Å². The Morgan fingerprint density at radius 2 is 1.28 bits per heavy atom. The molecule has 0 spiro atoms. The minimum atomic E-state index is -1.09. The van der Waals surface area contributed by atoms with Crippen molar-refractivity contribution in [2.75, 3.05) is 27.4 Å². The Bertz CT molecular complexity index is 1710. The van der Waals surface area contributed by atoms with Gasteiger partial charge in [0, 0.05) is 39.8 Å². The van der Waals surface area contributed by atoms with E-state index in [2.05, 4.69) is 0 Å². The van der Waals surface area contributed by atoms with Crippen LogP contribution in [0.4, 0.5) is 4.39 Å². The van der Waals surface area contributed by atoms with E-state index in [1.807, 2.05) is 0 Å². The number of aliphatic carboxylic acids is 2. The molecule has 4 rings (SSSR count). The molecule has 2 aromatic carbocycles. The molecule has 2 N–H and O–H groups in total. The number of thiophene rings is 2. The number of fused-ring (bicyclic) bond motifs is 2. The molecule has 43 heavy (non-hydrogen) atoms. The van der Waals surface area contributed by atoms with Crippen molar-refractivity contribution in [2.24, 2.45) is 11.8 Å². The Hall–Kier alpha value is -4.23. The Balaban J connectivity index is 1.47. The van der Waals surface area contributed by atoms with Crippen LogP contribution in [0.1, 0.15) is 46.0 Å². The van der Waals surface area contributed by atoms with Gasteiger partial charge in [0.15, 0.2) is 40.4 Å². The van der Waals surface area contributed by atoms with Crippen LogP contribution in [0, 0.1) is 17.7 Å². The highest BCUT2D eigenvalue weighted by atomic mass is 32.1. The summed E-state index contributed by atoms with van der Waals surface area (Å²) in [6.45, 7) is 2.83. The molecular weight excluding hydrogens is 603 g/mol. The van der Waals surface area contributed by atoms with Crippen LogP contribution in [0.3, 0.4) is 0 Å². The van der Waals surface area contributed by atoms with Gasteiger partial charge in [-0.15, -0.1) is 22.7 Å². The topological polar surface area (TPSA) is 146 Å². The third kappa shape index (κ3) is 7.05. The molecule has 2 atom stereocenters. The van der Waals surface area contributed by atoms with Gasteiger partial charge < -0.3 is 29.2 Å². The van der Waals surface area contributed by atoms with Gasteiger partial charge >= 0.3 is 11.9 Å². The lowest BCUT2D eigenvalue weighted by Crippen LogP contribution is -2.14. The normalized spacial score (nSPS) is 12.6. The van der Waals surface area contributed by atoms with E-state index in [0.717, 1.165) is 16.0 Å². The van der Waals surface area contributed by atoms with Gasteiger partial charge in [-0.3, -0.25) is 19.2 Å². The number of hydrogen-bond donors (Lipinski definition) is 2. The fraction of sp³-hybridized carbons (Fsp3) is 0.333. The largest absolute Gasteiger partial charge is 0.493 e. The summed E-state index contributed by atoms with van der Waals surface area (Å²) in [4.78, 5) is 48.0. The number of halogens is 1. The van der Waals surface area contributed by atoms with Crippen LogP contribution in [0.15, 0.2) is 30.3 Å². The van der Waals surface area contributed by atoms with Crippen molar-refractivity contribution in [1.82, 2.24) is 0 Å². The van der Waals surface area contributed by atoms with Gasteiger partial charge in [-0.25, -0.2) is 4.39 Å². The highest BCUT2D eigenvalue weighted by molar-refractivity contribution is 7.21. The minimum absolute atomic E-state index is 0.00496. The Morgan fingerprint density at radius 3 is 1.86 bits per heavy atom. The highest BCUT2D eigenvalue weighted by Gasteiger charge is 2.23. The van der Waals surface area contributed by atoms with Crippen LogP contribution in [-0.2, 0) is 9.59 Å². The summed E-state index contributed by atoms with van der Waals surface area (Å²) < 4.78 is 39.0. The molecule has 0 aliphatic rings. The van der Waals surface area contributed by atoms with Crippen molar-refractivity contribution in [1.29, 1.82) is 0 Å². The molecule has 0 aliphatic carbocycles. The van der Waals surface area contributed by atoms with E-state index in [1.54, 1.807) is 24.3 Å². The first kappa shape index (κ1) is 31.7. The maximum Gasteiger partial charge on any atom is 0.306 e. The number of hydrogen-bond acceptors (Lipinski definition) is 10. The van der Waals surface area contributed by atoms with E-state index in [4.69, 9.17) is 29.2 Å². The highest BCUT2D eigenvalue weighted by Crippen LogP contribution is 2.41. The summed E-state index contributed by atoms with van der Waals surface area (Å²) >= 11 is 2.28. The lowest BCUT2D eigenvalue weighted by atomic mass is 10.0. The molecule has 0 saturated heterocycles. The Morgan fingerprint density at radius 1 is 0.744 bits per heavy atom. The summed E-state index contributed by atoms with van der Waals surface area (Å²) in [6.07, 6.45) is -0.317. The molecule has 13 heteroatoms. The first-order valence-electron chi connectivity index (χ1n) is 13.1. The molecule has 0 saturated carbocycles. The number of rotatable bonds is 15. The number of carboxylic acids is 2. The molecule has 2 aromatic heterocycles. The maximum absolute atomic E-state index is 15.5. The van der Waals surface area contributed by atoms with Gasteiger partial charge in [0.2, 0.25) is 0 Å².